The molecular weight excluding hydrogens is 500 g/mol. The molecule has 11 nitrogen and oxygen atoms in total. The molecule has 5 heterocycles. The Balaban J connectivity index is 1.47. The van der Waals surface area contributed by atoms with Crippen molar-refractivity contribution in [3.8, 4) is 0 Å². The summed E-state index contributed by atoms with van der Waals surface area (Å²) in [7, 11) is 1.72. The number of hydrogen-bond acceptors (Lipinski definition) is 7. The third-order valence-corrected chi connectivity index (χ3v) is 8.96. The predicted octanol–water partition coefficient (Wildman–Crippen LogP) is 0.947. The summed E-state index contributed by atoms with van der Waals surface area (Å²) in [4.78, 5) is 47.4. The molecule has 1 unspecified atom stereocenters. The third-order valence-electron chi connectivity index (χ3n) is 8.96. The molecule has 11 heteroatoms. The van der Waals surface area contributed by atoms with Gasteiger partial charge in [-0.1, -0.05) is 55.5 Å². The van der Waals surface area contributed by atoms with Crippen LogP contribution in [-0.4, -0.2) is 103 Å². The number of fused-ring (bicyclic) bond motifs is 3. The fourth-order valence-corrected chi connectivity index (χ4v) is 6.99. The Morgan fingerprint density at radius 3 is 2.56 bits per heavy atom. The second kappa shape index (κ2) is 9.27. The summed E-state index contributed by atoms with van der Waals surface area (Å²) in [5.74, 6) is -2.50. The van der Waals surface area contributed by atoms with Gasteiger partial charge in [0.1, 0.15) is 23.8 Å². The molecule has 206 valence electrons. The lowest BCUT2D eigenvalue weighted by molar-refractivity contribution is -0.158. The van der Waals surface area contributed by atoms with Crippen LogP contribution < -0.4 is 0 Å². The number of aliphatic hydroxyl groups is 1. The van der Waals surface area contributed by atoms with Crippen LogP contribution in [-0.2, 0) is 25.8 Å². The van der Waals surface area contributed by atoms with Gasteiger partial charge < -0.3 is 24.5 Å². The summed E-state index contributed by atoms with van der Waals surface area (Å²) in [6, 6.07) is 5.88. The molecule has 1 aromatic heterocycles. The quantitative estimate of drug-likeness (QED) is 0.548. The highest BCUT2D eigenvalue weighted by molar-refractivity contribution is 6.00. The molecule has 1 aromatic carbocycles. The highest BCUT2D eigenvalue weighted by Gasteiger charge is 2.75. The number of carbonyl (C=O) groups excluding carboxylic acids is 3. The normalized spacial score (nSPS) is 32.9. The molecule has 6 atom stereocenters. The third kappa shape index (κ3) is 3.52. The summed E-state index contributed by atoms with van der Waals surface area (Å²) in [5.41, 5.74) is -0.866. The van der Waals surface area contributed by atoms with E-state index >= 15 is 0 Å². The number of rotatable bonds is 6. The first-order chi connectivity index (χ1) is 18.8. The Labute approximate surface area is 226 Å². The first kappa shape index (κ1) is 25.7. The molecule has 0 radical (unpaired) electrons. The number of nitrogens with zero attached hydrogens (tertiary/aromatic N) is 6. The van der Waals surface area contributed by atoms with Crippen LogP contribution in [0, 0.1) is 11.8 Å². The zero-order valence-electron chi connectivity index (χ0n) is 22.4. The van der Waals surface area contributed by atoms with Crippen molar-refractivity contribution in [3.05, 3.63) is 48.6 Å². The number of likely N-dealkylation sites (N-methyl/N-ethyl adjacent to an activating group) is 1. The fraction of sp³-hybridized carbons (Fsp3) is 0.536. The Kier molecular flexibility index (Phi) is 6.11. The number of carbonyl (C=O) groups is 3. The average Bonchev–Trinajstić information content (AvgIpc) is 3.49. The molecule has 2 aromatic rings. The van der Waals surface area contributed by atoms with Crippen molar-refractivity contribution in [3.63, 3.8) is 0 Å². The van der Waals surface area contributed by atoms with Crippen molar-refractivity contribution in [2.45, 2.75) is 56.6 Å². The van der Waals surface area contributed by atoms with Crippen molar-refractivity contribution >= 4 is 28.8 Å². The van der Waals surface area contributed by atoms with Crippen molar-refractivity contribution in [1.82, 2.24) is 29.7 Å². The Bertz CT molecular complexity index is 1380. The molecular formula is C28H34N6O5. The van der Waals surface area contributed by atoms with Crippen LogP contribution in [0.15, 0.2) is 48.6 Å². The summed E-state index contributed by atoms with van der Waals surface area (Å²) in [6.45, 7) is 4.33. The zero-order valence-corrected chi connectivity index (χ0v) is 22.4. The minimum atomic E-state index is -1.35. The van der Waals surface area contributed by atoms with E-state index in [0.717, 1.165) is 11.0 Å². The second-order valence-electron chi connectivity index (χ2n) is 10.9. The van der Waals surface area contributed by atoms with Crippen LogP contribution in [0.2, 0.25) is 0 Å². The molecule has 0 bridgehead atoms. The molecule has 0 saturated carbocycles. The Hall–Kier alpha value is -3.57. The van der Waals surface area contributed by atoms with Crippen LogP contribution in [0.4, 0.5) is 0 Å². The van der Waals surface area contributed by atoms with E-state index in [1.54, 1.807) is 21.5 Å². The van der Waals surface area contributed by atoms with Gasteiger partial charge in [0.25, 0.3) is 5.91 Å². The van der Waals surface area contributed by atoms with Gasteiger partial charge >= 0.3 is 0 Å². The number of aliphatic hydroxyl groups excluding tert-OH is 1. The first-order valence-corrected chi connectivity index (χ1v) is 13.6. The van der Waals surface area contributed by atoms with Gasteiger partial charge in [-0.2, -0.15) is 0 Å². The van der Waals surface area contributed by atoms with Gasteiger partial charge in [-0.05, 0) is 25.0 Å². The lowest BCUT2D eigenvalue weighted by Crippen LogP contribution is -2.59. The van der Waals surface area contributed by atoms with E-state index in [1.807, 2.05) is 62.4 Å². The smallest absolute Gasteiger partial charge is 0.250 e. The number of aromatic nitrogens is 3. The van der Waals surface area contributed by atoms with E-state index in [9.17, 15) is 19.5 Å². The van der Waals surface area contributed by atoms with Gasteiger partial charge in [0, 0.05) is 20.1 Å². The molecule has 1 spiro atoms. The molecule has 2 saturated heterocycles. The molecule has 2 fully saturated rings. The van der Waals surface area contributed by atoms with Crippen molar-refractivity contribution in [2.75, 3.05) is 26.7 Å². The lowest BCUT2D eigenvalue weighted by Gasteiger charge is -2.40. The molecule has 4 aliphatic heterocycles. The average molecular weight is 535 g/mol. The van der Waals surface area contributed by atoms with Gasteiger partial charge in [0.05, 0.1) is 35.6 Å². The highest BCUT2D eigenvalue weighted by atomic mass is 16.5. The number of benzene rings is 1. The van der Waals surface area contributed by atoms with E-state index in [1.165, 1.54) is 4.90 Å². The van der Waals surface area contributed by atoms with E-state index < -0.39 is 35.1 Å². The molecule has 6 rings (SSSR count). The molecule has 39 heavy (non-hydrogen) atoms. The van der Waals surface area contributed by atoms with Crippen molar-refractivity contribution in [2.24, 2.45) is 11.8 Å². The largest absolute Gasteiger partial charge is 0.394 e. The number of hydrogen-bond donors (Lipinski definition) is 1. The first-order valence-electron chi connectivity index (χ1n) is 13.6. The van der Waals surface area contributed by atoms with Gasteiger partial charge in [-0.3, -0.25) is 14.4 Å². The van der Waals surface area contributed by atoms with E-state index in [0.29, 0.717) is 19.4 Å². The Morgan fingerprint density at radius 1 is 1.05 bits per heavy atom. The molecule has 1 N–H and O–H groups in total. The molecule has 3 amide bonds. The molecule has 0 aliphatic carbocycles. The molecule has 4 aliphatic rings. The van der Waals surface area contributed by atoms with E-state index in [4.69, 9.17) is 4.74 Å². The summed E-state index contributed by atoms with van der Waals surface area (Å²) in [5, 5.41) is 18.8. The topological polar surface area (TPSA) is 121 Å². The minimum absolute atomic E-state index is 0.128. The van der Waals surface area contributed by atoms with Crippen molar-refractivity contribution < 1.29 is 24.2 Å². The monoisotopic (exact) mass is 534 g/mol. The van der Waals surface area contributed by atoms with Gasteiger partial charge in [0.2, 0.25) is 11.8 Å². The summed E-state index contributed by atoms with van der Waals surface area (Å²) >= 11 is 0. The zero-order chi connectivity index (χ0) is 27.5. The van der Waals surface area contributed by atoms with Crippen LogP contribution in [0.3, 0.4) is 0 Å². The lowest BCUT2D eigenvalue weighted by atomic mass is 9.73. The number of amides is 3. The highest BCUT2D eigenvalue weighted by Crippen LogP contribution is 2.58. The van der Waals surface area contributed by atoms with Crippen LogP contribution >= 0.6 is 0 Å². The van der Waals surface area contributed by atoms with Crippen molar-refractivity contribution in [1.29, 1.82) is 0 Å². The maximum Gasteiger partial charge on any atom is 0.250 e. The number of para-hydroxylation sites is 1. The van der Waals surface area contributed by atoms with Crippen LogP contribution in [0.5, 0.6) is 0 Å². The van der Waals surface area contributed by atoms with Gasteiger partial charge in [0.15, 0.2) is 0 Å². The maximum absolute atomic E-state index is 14.5. The Morgan fingerprint density at radius 2 is 1.82 bits per heavy atom. The van der Waals surface area contributed by atoms with Crippen LogP contribution in [0.25, 0.3) is 11.0 Å². The second-order valence-corrected chi connectivity index (χ2v) is 10.9. The minimum Gasteiger partial charge on any atom is -0.394 e. The fourth-order valence-electron chi connectivity index (χ4n) is 6.99. The standard InChI is InChI=1S/C28H34N6O5/c1-4-18(16-35)34-23-26(38)32(17-33-20-11-7-6-10-19(20)29-30-33)15-9-13-28(23)22(25(34)37)21-24(36)31(3)14-8-12-27(21,5-2)39-28/h6-13,18,21-23,35H,4-5,14-17H2,1-3H3/t18-,21+,22-,23?,27-,28-/m0/s1. The van der Waals surface area contributed by atoms with Crippen LogP contribution in [0.1, 0.15) is 26.7 Å². The van der Waals surface area contributed by atoms with E-state index in [-0.39, 0.29) is 37.5 Å². The predicted molar refractivity (Wildman–Crippen MR) is 141 cm³/mol. The maximum atomic E-state index is 14.5. The van der Waals surface area contributed by atoms with E-state index in [2.05, 4.69) is 10.3 Å². The summed E-state index contributed by atoms with van der Waals surface area (Å²) in [6.07, 6.45) is 8.42. The SMILES string of the molecule is CC[C@@H](CO)N1C(=O)[C@@H]2[C@@H]3C(=O)N(C)CC=C[C@]3(CC)O[C@@]23C=CCN(Cn2nnc4ccccc42)C(=O)C13. The summed E-state index contributed by atoms with van der Waals surface area (Å²) < 4.78 is 8.57. The number of likely N-dealkylation sites (tertiary alicyclic amines) is 1. The van der Waals surface area contributed by atoms with Gasteiger partial charge in [-0.15, -0.1) is 5.10 Å². The number of ether oxygens (including phenoxy) is 1. The van der Waals surface area contributed by atoms with Gasteiger partial charge in [-0.25, -0.2) is 4.68 Å².